The molecule has 1 aromatic rings. The van der Waals surface area contributed by atoms with Gasteiger partial charge in [-0.15, -0.1) is 0 Å². The maximum atomic E-state index is 12.6. The Balaban J connectivity index is 1.53. The van der Waals surface area contributed by atoms with Crippen molar-refractivity contribution in [3.05, 3.63) is 35.9 Å². The predicted octanol–water partition coefficient (Wildman–Crippen LogP) is 14.4. The summed E-state index contributed by atoms with van der Waals surface area (Å²) >= 11 is 0. The minimum atomic E-state index is 0.248. The number of nitrogens with one attached hydrogen (secondary N) is 1. The van der Waals surface area contributed by atoms with Gasteiger partial charge in [0.1, 0.15) is 13.1 Å². The van der Waals surface area contributed by atoms with Crippen LogP contribution in [0.5, 0.6) is 0 Å². The van der Waals surface area contributed by atoms with E-state index in [1.54, 1.807) is 0 Å². The second-order valence-electron chi connectivity index (χ2n) is 16.6. The molecule has 0 radical (unpaired) electrons. The molecule has 1 atom stereocenters. The third-order valence-corrected chi connectivity index (χ3v) is 11.8. The molecule has 0 aliphatic carbocycles. The van der Waals surface area contributed by atoms with Gasteiger partial charge >= 0.3 is 0 Å². The van der Waals surface area contributed by atoms with Crippen LogP contribution < -0.4 is 5.32 Å². The summed E-state index contributed by atoms with van der Waals surface area (Å²) in [5.41, 5.74) is 1.41. The third kappa shape index (κ3) is 24.6. The number of rotatable bonds is 38. The highest BCUT2D eigenvalue weighted by molar-refractivity contribution is 5.77. The van der Waals surface area contributed by atoms with Crippen molar-refractivity contribution in [1.29, 1.82) is 0 Å². The quantitative estimate of drug-likeness (QED) is 0.0536. The van der Waals surface area contributed by atoms with E-state index in [-0.39, 0.29) is 5.91 Å². The van der Waals surface area contributed by atoms with Gasteiger partial charge in [-0.05, 0) is 12.8 Å². The fourth-order valence-electron chi connectivity index (χ4n) is 8.40. The van der Waals surface area contributed by atoms with E-state index in [0.29, 0.717) is 6.42 Å². The fraction of sp³-hybridized carbons (Fsp3) is 0.833. The molecule has 0 fully saturated rings. The van der Waals surface area contributed by atoms with E-state index >= 15 is 0 Å². The van der Waals surface area contributed by atoms with Crippen LogP contribution in [-0.4, -0.2) is 42.4 Å². The Labute approximate surface area is 324 Å². The molecule has 4 heteroatoms. The Kier molecular flexibility index (Phi) is 30.3. The number of nitrogens with zero attached hydrogens (tertiary/aromatic N) is 2. The van der Waals surface area contributed by atoms with E-state index in [4.69, 9.17) is 4.99 Å². The Hall–Kier alpha value is -1.68. The van der Waals surface area contributed by atoms with Crippen molar-refractivity contribution >= 4 is 11.7 Å². The van der Waals surface area contributed by atoms with Crippen molar-refractivity contribution in [3.63, 3.8) is 0 Å². The first-order chi connectivity index (χ1) is 25.7. The molecule has 0 aromatic heterocycles. The molecular weight excluding hydrogens is 635 g/mol. The average Bonchev–Trinajstić information content (AvgIpc) is 3.55. The van der Waals surface area contributed by atoms with E-state index in [2.05, 4.69) is 49.5 Å². The maximum absolute atomic E-state index is 12.6. The van der Waals surface area contributed by atoms with E-state index in [0.717, 1.165) is 56.5 Å². The molecular formula is C48H88N3O+. The van der Waals surface area contributed by atoms with Gasteiger partial charge in [0.15, 0.2) is 5.84 Å². The summed E-state index contributed by atoms with van der Waals surface area (Å²) in [5.74, 6) is 1.67. The summed E-state index contributed by atoms with van der Waals surface area (Å²) in [6.45, 7) is 9.55. The van der Waals surface area contributed by atoms with Gasteiger partial charge in [0.2, 0.25) is 5.91 Å². The van der Waals surface area contributed by atoms with Crippen molar-refractivity contribution in [1.82, 2.24) is 5.32 Å². The second kappa shape index (κ2) is 33.9. The van der Waals surface area contributed by atoms with Gasteiger partial charge < -0.3 is 5.32 Å². The summed E-state index contributed by atoms with van der Waals surface area (Å²) in [6, 6.07) is 11.0. The van der Waals surface area contributed by atoms with Crippen LogP contribution >= 0.6 is 0 Å². The molecule has 0 spiro atoms. The number of hydrogen-bond donors (Lipinski definition) is 1. The zero-order valence-electron chi connectivity index (χ0n) is 35.1. The average molecular weight is 723 g/mol. The molecule has 1 aliphatic rings. The van der Waals surface area contributed by atoms with Crippen LogP contribution in [-0.2, 0) is 11.3 Å². The Morgan fingerprint density at radius 1 is 0.558 bits per heavy atom. The number of hydrogen-bond acceptors (Lipinski definition) is 2. The van der Waals surface area contributed by atoms with Crippen LogP contribution in [0.2, 0.25) is 0 Å². The number of carbonyl (C=O) groups excluding carboxylic acids is 1. The molecule has 52 heavy (non-hydrogen) atoms. The highest BCUT2D eigenvalue weighted by Gasteiger charge is 2.37. The van der Waals surface area contributed by atoms with Crippen LogP contribution in [0.25, 0.3) is 0 Å². The molecule has 1 amide bonds. The number of benzene rings is 1. The van der Waals surface area contributed by atoms with Gasteiger partial charge in [-0.2, -0.15) is 0 Å². The summed E-state index contributed by atoms with van der Waals surface area (Å²) in [6.07, 6.45) is 44.3. The van der Waals surface area contributed by atoms with Crippen molar-refractivity contribution in [3.8, 4) is 0 Å². The van der Waals surface area contributed by atoms with E-state index in [9.17, 15) is 4.79 Å². The number of amides is 1. The van der Waals surface area contributed by atoms with Crippen molar-refractivity contribution in [2.75, 3.05) is 26.2 Å². The minimum Gasteiger partial charge on any atom is -0.356 e. The highest BCUT2D eigenvalue weighted by atomic mass is 16.1. The Morgan fingerprint density at radius 2 is 0.981 bits per heavy atom. The van der Waals surface area contributed by atoms with Gasteiger partial charge in [-0.3, -0.25) is 9.28 Å². The van der Waals surface area contributed by atoms with Gasteiger partial charge in [0.05, 0.1) is 13.1 Å². The summed E-state index contributed by atoms with van der Waals surface area (Å²) in [5, 5.41) is 3.26. The molecule has 2 rings (SSSR count). The number of aliphatic imine (C=N–C) groups is 1. The maximum Gasteiger partial charge on any atom is 0.219 e. The normalized spacial score (nSPS) is 15.7. The number of amidine groups is 1. The fourth-order valence-corrected chi connectivity index (χ4v) is 8.40. The molecule has 1 heterocycles. The molecule has 0 bridgehead atoms. The zero-order chi connectivity index (χ0) is 37.1. The van der Waals surface area contributed by atoms with E-state index < -0.39 is 0 Å². The highest BCUT2D eigenvalue weighted by Crippen LogP contribution is 2.25. The molecule has 0 saturated heterocycles. The first-order valence-electron chi connectivity index (χ1n) is 23.4. The van der Waals surface area contributed by atoms with Crippen molar-refractivity contribution in [2.45, 2.75) is 232 Å². The van der Waals surface area contributed by atoms with Crippen LogP contribution in [0.1, 0.15) is 231 Å². The number of carbonyl (C=O) groups is 1. The standard InChI is InChI=1S/C48H87N3O/c1-3-5-7-9-11-13-15-17-19-21-23-25-27-29-34-39-47-49-42-44-51(47,45-46-37-32-31-33-38-46)43-36-41-50-48(52)40-35-30-28-26-24-22-20-18-16-14-12-10-8-6-4-2/h31-33,37-38H,3-30,34-36,39-45H2,1-2H3/p+1. The van der Waals surface area contributed by atoms with Crippen LogP contribution in [0.3, 0.4) is 0 Å². The van der Waals surface area contributed by atoms with Gasteiger partial charge in [-0.25, -0.2) is 4.99 Å². The lowest BCUT2D eigenvalue weighted by molar-refractivity contribution is -0.850. The molecule has 1 unspecified atom stereocenters. The second-order valence-corrected chi connectivity index (χ2v) is 16.6. The van der Waals surface area contributed by atoms with Crippen LogP contribution in [0, 0.1) is 0 Å². The van der Waals surface area contributed by atoms with Crippen molar-refractivity contribution < 1.29 is 9.28 Å². The van der Waals surface area contributed by atoms with Gasteiger partial charge in [-0.1, -0.05) is 224 Å². The SMILES string of the molecule is CCCCCCCCCCCCCCCCCC(=O)NCCC[N+]1(Cc2ccccc2)CCN=C1CCCCCCCCCCCCCCCCC. The lowest BCUT2D eigenvalue weighted by atomic mass is 10.0. The lowest BCUT2D eigenvalue weighted by Crippen LogP contribution is -2.51. The Morgan fingerprint density at radius 3 is 1.44 bits per heavy atom. The number of unbranched alkanes of at least 4 members (excludes halogenated alkanes) is 28. The first kappa shape index (κ1) is 46.5. The molecule has 1 aliphatic heterocycles. The molecule has 1 N–H and O–H groups in total. The first-order valence-corrected chi connectivity index (χ1v) is 23.4. The topological polar surface area (TPSA) is 41.5 Å². The molecule has 300 valence electrons. The zero-order valence-corrected chi connectivity index (χ0v) is 35.1. The van der Waals surface area contributed by atoms with Crippen LogP contribution in [0.15, 0.2) is 35.3 Å². The van der Waals surface area contributed by atoms with E-state index in [1.165, 1.54) is 198 Å². The van der Waals surface area contributed by atoms with Gasteiger partial charge in [0.25, 0.3) is 0 Å². The van der Waals surface area contributed by atoms with Gasteiger partial charge in [0, 0.05) is 31.4 Å². The monoisotopic (exact) mass is 723 g/mol. The smallest absolute Gasteiger partial charge is 0.219 e. The predicted molar refractivity (Wildman–Crippen MR) is 229 cm³/mol. The lowest BCUT2D eigenvalue weighted by Gasteiger charge is -2.35. The van der Waals surface area contributed by atoms with Crippen LogP contribution in [0.4, 0.5) is 0 Å². The largest absolute Gasteiger partial charge is 0.356 e. The van der Waals surface area contributed by atoms with E-state index in [1.807, 2.05) is 0 Å². The molecule has 1 aromatic carbocycles. The molecule has 4 nitrogen and oxygen atoms in total. The minimum absolute atomic E-state index is 0.248. The summed E-state index contributed by atoms with van der Waals surface area (Å²) < 4.78 is 0.998. The van der Waals surface area contributed by atoms with Crippen molar-refractivity contribution in [2.24, 2.45) is 4.99 Å². The summed E-state index contributed by atoms with van der Waals surface area (Å²) in [4.78, 5) is 17.7. The Bertz CT molecular complexity index is 962. The number of quaternary nitrogens is 1. The summed E-state index contributed by atoms with van der Waals surface area (Å²) in [7, 11) is 0. The molecule has 0 saturated carbocycles. The third-order valence-electron chi connectivity index (χ3n) is 11.8.